The van der Waals surface area contributed by atoms with Crippen molar-refractivity contribution >= 4 is 0 Å². The number of nitrogens with one attached hydrogen (secondary N) is 1. The van der Waals surface area contributed by atoms with E-state index >= 15 is 0 Å². The molecule has 0 bridgehead atoms. The van der Waals surface area contributed by atoms with Crippen molar-refractivity contribution in [3.8, 4) is 0 Å². The van der Waals surface area contributed by atoms with E-state index in [1.54, 1.807) is 0 Å². The van der Waals surface area contributed by atoms with Crippen LogP contribution in [0.25, 0.3) is 0 Å². The van der Waals surface area contributed by atoms with Crippen LogP contribution in [0.4, 0.5) is 0 Å². The zero-order valence-electron chi connectivity index (χ0n) is 10.9. The second kappa shape index (κ2) is 5.99. The summed E-state index contributed by atoms with van der Waals surface area (Å²) in [6.07, 6.45) is 5.57. The molecule has 3 heteroatoms. The largest absolute Gasteiger partial charge is 0.316 e. The Balaban J connectivity index is 1.72. The molecule has 2 aliphatic rings. The third-order valence-electron chi connectivity index (χ3n) is 4.22. The van der Waals surface area contributed by atoms with Gasteiger partial charge in [-0.15, -0.1) is 0 Å². The standard InChI is InChI=1S/C13H27N3/c1-12(16-7-4-3-5-8-16)10-15-9-6-13(11-15)14-2/h12-14H,3-11H2,1-2H3. The van der Waals surface area contributed by atoms with Crippen LogP contribution in [0.2, 0.25) is 0 Å². The van der Waals surface area contributed by atoms with E-state index in [1.807, 2.05) is 0 Å². The summed E-state index contributed by atoms with van der Waals surface area (Å²) in [5.74, 6) is 0. The Morgan fingerprint density at radius 2 is 1.94 bits per heavy atom. The van der Waals surface area contributed by atoms with Crippen LogP contribution in [0.15, 0.2) is 0 Å². The molecule has 0 radical (unpaired) electrons. The molecular formula is C13H27N3. The first kappa shape index (κ1) is 12.3. The monoisotopic (exact) mass is 225 g/mol. The van der Waals surface area contributed by atoms with Crippen LogP contribution in [0.5, 0.6) is 0 Å². The van der Waals surface area contributed by atoms with Crippen LogP contribution >= 0.6 is 0 Å². The van der Waals surface area contributed by atoms with Crippen molar-refractivity contribution in [1.29, 1.82) is 0 Å². The molecule has 0 aromatic carbocycles. The van der Waals surface area contributed by atoms with Gasteiger partial charge in [-0.25, -0.2) is 0 Å². The predicted octanol–water partition coefficient (Wildman–Crippen LogP) is 1.15. The van der Waals surface area contributed by atoms with Gasteiger partial charge in [0.05, 0.1) is 0 Å². The molecule has 0 spiro atoms. The number of nitrogens with zero attached hydrogens (tertiary/aromatic N) is 2. The van der Waals surface area contributed by atoms with Crippen molar-refractivity contribution in [2.45, 2.75) is 44.7 Å². The van der Waals surface area contributed by atoms with Crippen LogP contribution in [0, 0.1) is 0 Å². The first-order valence-corrected chi connectivity index (χ1v) is 6.93. The summed E-state index contributed by atoms with van der Waals surface area (Å²) in [6.45, 7) is 8.84. The van der Waals surface area contributed by atoms with E-state index in [2.05, 4.69) is 29.1 Å². The Kier molecular flexibility index (Phi) is 4.62. The summed E-state index contributed by atoms with van der Waals surface area (Å²) < 4.78 is 0. The van der Waals surface area contributed by atoms with Gasteiger partial charge in [-0.2, -0.15) is 0 Å². The second-order valence-electron chi connectivity index (χ2n) is 5.48. The fourth-order valence-electron chi connectivity index (χ4n) is 3.08. The summed E-state index contributed by atoms with van der Waals surface area (Å²) >= 11 is 0. The number of likely N-dealkylation sites (tertiary alicyclic amines) is 2. The van der Waals surface area contributed by atoms with Crippen LogP contribution in [0.1, 0.15) is 32.6 Å². The third kappa shape index (κ3) is 3.19. The predicted molar refractivity (Wildman–Crippen MR) is 68.8 cm³/mol. The summed E-state index contributed by atoms with van der Waals surface area (Å²) in [6, 6.07) is 1.48. The van der Waals surface area contributed by atoms with Gasteiger partial charge in [0.25, 0.3) is 0 Å². The molecule has 0 aromatic rings. The van der Waals surface area contributed by atoms with E-state index in [0.29, 0.717) is 0 Å². The fourth-order valence-corrected chi connectivity index (χ4v) is 3.08. The number of likely N-dealkylation sites (N-methyl/N-ethyl adjacent to an activating group) is 1. The number of rotatable bonds is 4. The van der Waals surface area contributed by atoms with Gasteiger partial charge in [-0.05, 0) is 52.9 Å². The fraction of sp³-hybridized carbons (Fsp3) is 1.00. The highest BCUT2D eigenvalue weighted by molar-refractivity contribution is 4.83. The van der Waals surface area contributed by atoms with Crippen molar-refractivity contribution in [3.63, 3.8) is 0 Å². The van der Waals surface area contributed by atoms with Crippen molar-refractivity contribution in [2.24, 2.45) is 0 Å². The zero-order chi connectivity index (χ0) is 11.4. The highest BCUT2D eigenvalue weighted by Crippen LogP contribution is 2.15. The average molecular weight is 225 g/mol. The minimum atomic E-state index is 0.730. The molecule has 3 nitrogen and oxygen atoms in total. The lowest BCUT2D eigenvalue weighted by Crippen LogP contribution is -2.44. The summed E-state index contributed by atoms with van der Waals surface area (Å²) in [5, 5.41) is 3.39. The zero-order valence-corrected chi connectivity index (χ0v) is 10.9. The Hall–Kier alpha value is -0.120. The molecule has 16 heavy (non-hydrogen) atoms. The maximum absolute atomic E-state index is 3.39. The van der Waals surface area contributed by atoms with Gasteiger partial charge in [0.2, 0.25) is 0 Å². The van der Waals surface area contributed by atoms with Crippen LogP contribution in [0.3, 0.4) is 0 Å². The number of hydrogen-bond donors (Lipinski definition) is 1. The van der Waals surface area contributed by atoms with Crippen LogP contribution < -0.4 is 5.32 Å². The van der Waals surface area contributed by atoms with Crippen molar-refractivity contribution < 1.29 is 0 Å². The normalized spacial score (nSPS) is 30.8. The van der Waals surface area contributed by atoms with Gasteiger partial charge in [0.1, 0.15) is 0 Å². The van der Waals surface area contributed by atoms with Gasteiger partial charge >= 0.3 is 0 Å². The van der Waals surface area contributed by atoms with Gasteiger partial charge < -0.3 is 10.2 Å². The van der Waals surface area contributed by atoms with Crippen LogP contribution in [-0.4, -0.2) is 61.7 Å². The lowest BCUT2D eigenvalue weighted by molar-refractivity contribution is 0.137. The Labute approximate surface area is 100 Å². The lowest BCUT2D eigenvalue weighted by Gasteiger charge is -2.34. The maximum Gasteiger partial charge on any atom is 0.0204 e. The Morgan fingerprint density at radius 3 is 2.56 bits per heavy atom. The molecule has 2 fully saturated rings. The molecule has 0 aromatic heterocycles. The van der Waals surface area contributed by atoms with E-state index in [-0.39, 0.29) is 0 Å². The summed E-state index contributed by atoms with van der Waals surface area (Å²) in [4.78, 5) is 5.30. The molecule has 2 rings (SSSR count). The molecule has 94 valence electrons. The average Bonchev–Trinajstić information content (AvgIpc) is 2.78. The smallest absolute Gasteiger partial charge is 0.0204 e. The highest BCUT2D eigenvalue weighted by Gasteiger charge is 2.24. The first-order chi connectivity index (χ1) is 7.79. The second-order valence-corrected chi connectivity index (χ2v) is 5.48. The SMILES string of the molecule is CNC1CCN(CC(C)N2CCCCC2)C1. The van der Waals surface area contributed by atoms with Gasteiger partial charge in [-0.1, -0.05) is 6.42 Å². The van der Waals surface area contributed by atoms with Crippen molar-refractivity contribution in [2.75, 3.05) is 39.8 Å². The minimum Gasteiger partial charge on any atom is -0.316 e. The maximum atomic E-state index is 3.39. The quantitative estimate of drug-likeness (QED) is 0.774. The summed E-state index contributed by atoms with van der Waals surface area (Å²) in [5.41, 5.74) is 0. The molecule has 2 saturated heterocycles. The highest BCUT2D eigenvalue weighted by atomic mass is 15.2. The molecule has 0 amide bonds. The number of piperidine rings is 1. The molecule has 2 unspecified atom stereocenters. The Bertz CT molecular complexity index is 201. The molecule has 2 aliphatic heterocycles. The molecular weight excluding hydrogens is 198 g/mol. The van der Waals surface area contributed by atoms with E-state index in [0.717, 1.165) is 12.1 Å². The molecule has 0 saturated carbocycles. The lowest BCUT2D eigenvalue weighted by atomic mass is 10.1. The number of hydrogen-bond acceptors (Lipinski definition) is 3. The molecule has 1 N–H and O–H groups in total. The van der Waals surface area contributed by atoms with E-state index in [9.17, 15) is 0 Å². The van der Waals surface area contributed by atoms with Crippen molar-refractivity contribution in [3.05, 3.63) is 0 Å². The van der Waals surface area contributed by atoms with Gasteiger partial charge in [0, 0.05) is 25.2 Å². The Morgan fingerprint density at radius 1 is 1.19 bits per heavy atom. The minimum absolute atomic E-state index is 0.730. The van der Waals surface area contributed by atoms with Crippen LogP contribution in [-0.2, 0) is 0 Å². The van der Waals surface area contributed by atoms with E-state index in [1.165, 1.54) is 58.4 Å². The molecule has 2 atom stereocenters. The summed E-state index contributed by atoms with van der Waals surface area (Å²) in [7, 11) is 2.09. The van der Waals surface area contributed by atoms with Gasteiger partial charge in [-0.3, -0.25) is 4.90 Å². The van der Waals surface area contributed by atoms with Crippen molar-refractivity contribution in [1.82, 2.24) is 15.1 Å². The van der Waals surface area contributed by atoms with Gasteiger partial charge in [0.15, 0.2) is 0 Å². The topological polar surface area (TPSA) is 18.5 Å². The third-order valence-corrected chi connectivity index (χ3v) is 4.22. The van der Waals surface area contributed by atoms with E-state index in [4.69, 9.17) is 0 Å². The first-order valence-electron chi connectivity index (χ1n) is 6.93. The van der Waals surface area contributed by atoms with E-state index < -0.39 is 0 Å². The molecule has 0 aliphatic carbocycles. The molecule has 2 heterocycles.